The Morgan fingerprint density at radius 3 is 2.48 bits per heavy atom. The summed E-state index contributed by atoms with van der Waals surface area (Å²) < 4.78 is 28.6. The molecule has 31 heavy (non-hydrogen) atoms. The monoisotopic (exact) mass is 422 g/mol. The van der Waals surface area contributed by atoms with E-state index in [1.54, 1.807) is 12.1 Å². The Morgan fingerprint density at radius 2 is 1.81 bits per heavy atom. The standard InChI is InChI=1S/C21H16F2N6O2/c22-11-2-1-3-12(23)18(11)14-8-15(19-16(26-14)9-25-21(19)31)27-17-5-4-13(28-29-17)10-6-7-24-20(10)30/h1-5,8,10H,6-7,9H2,(H,24,30)(H,25,31)(H,26,27,29)/t10-/m0/s1. The molecule has 3 N–H and O–H groups in total. The molecular weight excluding hydrogens is 406 g/mol. The number of rotatable bonds is 4. The molecule has 0 saturated carbocycles. The van der Waals surface area contributed by atoms with E-state index in [4.69, 9.17) is 0 Å². The van der Waals surface area contributed by atoms with Gasteiger partial charge in [-0.25, -0.2) is 13.8 Å². The van der Waals surface area contributed by atoms with E-state index in [-0.39, 0.29) is 41.1 Å². The zero-order valence-electron chi connectivity index (χ0n) is 16.1. The zero-order chi connectivity index (χ0) is 21.5. The fourth-order valence-corrected chi connectivity index (χ4v) is 3.81. The summed E-state index contributed by atoms with van der Waals surface area (Å²) in [6.07, 6.45) is 0.649. The van der Waals surface area contributed by atoms with Crippen LogP contribution in [0.3, 0.4) is 0 Å². The van der Waals surface area contributed by atoms with Gasteiger partial charge in [0.25, 0.3) is 5.91 Å². The number of aromatic nitrogens is 3. The van der Waals surface area contributed by atoms with Gasteiger partial charge in [-0.2, -0.15) is 5.10 Å². The highest BCUT2D eigenvalue weighted by atomic mass is 19.1. The number of nitrogens with zero attached hydrogens (tertiary/aromatic N) is 3. The predicted molar refractivity (Wildman–Crippen MR) is 106 cm³/mol. The second-order valence-corrected chi connectivity index (χ2v) is 7.26. The van der Waals surface area contributed by atoms with E-state index in [1.165, 1.54) is 12.1 Å². The van der Waals surface area contributed by atoms with Crippen LogP contribution >= 0.6 is 0 Å². The Balaban J connectivity index is 1.52. The summed E-state index contributed by atoms with van der Waals surface area (Å²) >= 11 is 0. The van der Waals surface area contributed by atoms with Gasteiger partial charge < -0.3 is 16.0 Å². The van der Waals surface area contributed by atoms with E-state index in [0.717, 1.165) is 12.1 Å². The second kappa shape index (κ2) is 7.38. The van der Waals surface area contributed by atoms with Crippen molar-refractivity contribution < 1.29 is 18.4 Å². The minimum Gasteiger partial charge on any atom is -0.355 e. The smallest absolute Gasteiger partial charge is 0.255 e. The van der Waals surface area contributed by atoms with Crippen molar-refractivity contribution in [3.8, 4) is 11.3 Å². The zero-order valence-corrected chi connectivity index (χ0v) is 16.1. The predicted octanol–water partition coefficient (Wildman–Crippen LogP) is 2.41. The molecule has 2 amide bonds. The van der Waals surface area contributed by atoms with Crippen molar-refractivity contribution in [2.75, 3.05) is 11.9 Å². The molecule has 10 heteroatoms. The van der Waals surface area contributed by atoms with E-state index < -0.39 is 11.6 Å². The summed E-state index contributed by atoms with van der Waals surface area (Å²) in [5, 5.41) is 16.6. The van der Waals surface area contributed by atoms with Gasteiger partial charge in [-0.05, 0) is 36.8 Å². The average Bonchev–Trinajstić information content (AvgIpc) is 3.34. The summed E-state index contributed by atoms with van der Waals surface area (Å²) in [4.78, 5) is 28.4. The fourth-order valence-electron chi connectivity index (χ4n) is 3.81. The Hall–Kier alpha value is -3.95. The quantitative estimate of drug-likeness (QED) is 0.596. The minimum absolute atomic E-state index is 0.0561. The van der Waals surface area contributed by atoms with Crippen molar-refractivity contribution in [1.82, 2.24) is 25.8 Å². The number of hydrogen-bond donors (Lipinski definition) is 3. The van der Waals surface area contributed by atoms with Gasteiger partial charge in [0.05, 0.1) is 46.4 Å². The Morgan fingerprint density at radius 1 is 1.00 bits per heavy atom. The molecule has 2 aliphatic rings. The molecule has 8 nitrogen and oxygen atoms in total. The van der Waals surface area contributed by atoms with Crippen LogP contribution in [0.2, 0.25) is 0 Å². The maximum atomic E-state index is 14.3. The summed E-state index contributed by atoms with van der Waals surface area (Å²) in [6, 6.07) is 8.29. The molecule has 1 saturated heterocycles. The molecule has 3 aromatic rings. The highest BCUT2D eigenvalue weighted by Gasteiger charge is 2.29. The number of benzene rings is 1. The van der Waals surface area contributed by atoms with E-state index in [0.29, 0.717) is 35.9 Å². The first-order valence-corrected chi connectivity index (χ1v) is 9.66. The van der Waals surface area contributed by atoms with E-state index >= 15 is 0 Å². The molecular formula is C21H16F2N6O2. The van der Waals surface area contributed by atoms with Crippen molar-refractivity contribution >= 4 is 23.3 Å². The van der Waals surface area contributed by atoms with Gasteiger partial charge in [-0.15, -0.1) is 5.10 Å². The first kappa shape index (κ1) is 19.0. The van der Waals surface area contributed by atoms with Crippen LogP contribution in [-0.4, -0.2) is 33.5 Å². The number of amides is 2. The molecule has 0 aliphatic carbocycles. The lowest BCUT2D eigenvalue weighted by Crippen LogP contribution is -2.18. The molecule has 1 aromatic carbocycles. The van der Waals surface area contributed by atoms with Crippen molar-refractivity contribution in [2.45, 2.75) is 18.9 Å². The lowest BCUT2D eigenvalue weighted by molar-refractivity contribution is -0.120. The molecule has 1 atom stereocenters. The topological polar surface area (TPSA) is 109 Å². The van der Waals surface area contributed by atoms with Gasteiger partial charge in [0.1, 0.15) is 11.6 Å². The number of halogens is 2. The van der Waals surface area contributed by atoms with Crippen molar-refractivity contribution in [3.63, 3.8) is 0 Å². The van der Waals surface area contributed by atoms with Gasteiger partial charge >= 0.3 is 0 Å². The van der Waals surface area contributed by atoms with Crippen LogP contribution in [0, 0.1) is 11.6 Å². The fraction of sp³-hybridized carbons (Fsp3) is 0.190. The molecule has 4 heterocycles. The second-order valence-electron chi connectivity index (χ2n) is 7.26. The summed E-state index contributed by atoms with van der Waals surface area (Å²) in [7, 11) is 0. The van der Waals surface area contributed by atoms with Crippen LogP contribution < -0.4 is 16.0 Å². The summed E-state index contributed by atoms with van der Waals surface area (Å²) in [5.74, 6) is -1.97. The molecule has 2 aliphatic heterocycles. The molecule has 2 aromatic heterocycles. The molecule has 156 valence electrons. The van der Waals surface area contributed by atoms with Gasteiger partial charge in [0.2, 0.25) is 5.91 Å². The first-order chi connectivity index (χ1) is 15.0. The summed E-state index contributed by atoms with van der Waals surface area (Å²) in [6.45, 7) is 0.743. The maximum Gasteiger partial charge on any atom is 0.255 e. The number of carbonyl (C=O) groups excluding carboxylic acids is 2. The first-order valence-electron chi connectivity index (χ1n) is 9.66. The molecule has 0 radical (unpaired) electrons. The van der Waals surface area contributed by atoms with E-state index in [1.807, 2.05) is 0 Å². The van der Waals surface area contributed by atoms with Crippen LogP contribution in [0.15, 0.2) is 36.4 Å². The number of anilines is 2. The van der Waals surface area contributed by atoms with E-state index in [2.05, 4.69) is 31.1 Å². The molecule has 5 rings (SSSR count). The maximum absolute atomic E-state index is 14.3. The van der Waals surface area contributed by atoms with E-state index in [9.17, 15) is 18.4 Å². The Bertz CT molecular complexity index is 1190. The molecule has 0 unspecified atom stereocenters. The third kappa shape index (κ3) is 3.35. The van der Waals surface area contributed by atoms with Crippen LogP contribution in [0.1, 0.15) is 34.1 Å². The van der Waals surface area contributed by atoms with Crippen LogP contribution in [0.25, 0.3) is 11.3 Å². The van der Waals surface area contributed by atoms with Gasteiger partial charge in [0.15, 0.2) is 5.82 Å². The average molecular weight is 422 g/mol. The van der Waals surface area contributed by atoms with Gasteiger partial charge in [-0.1, -0.05) is 6.07 Å². The van der Waals surface area contributed by atoms with Gasteiger partial charge in [0, 0.05) is 6.54 Å². The largest absolute Gasteiger partial charge is 0.355 e. The van der Waals surface area contributed by atoms with Crippen molar-refractivity contribution in [1.29, 1.82) is 0 Å². The van der Waals surface area contributed by atoms with Crippen molar-refractivity contribution in [2.24, 2.45) is 0 Å². The Kier molecular flexibility index (Phi) is 4.54. The lowest BCUT2D eigenvalue weighted by Gasteiger charge is -2.13. The van der Waals surface area contributed by atoms with Crippen LogP contribution in [0.5, 0.6) is 0 Å². The number of carbonyl (C=O) groups is 2. The lowest BCUT2D eigenvalue weighted by atomic mass is 10.0. The highest BCUT2D eigenvalue weighted by Crippen LogP contribution is 2.33. The van der Waals surface area contributed by atoms with Crippen LogP contribution in [0.4, 0.5) is 20.3 Å². The number of hydrogen-bond acceptors (Lipinski definition) is 6. The molecule has 1 fully saturated rings. The summed E-state index contributed by atoms with van der Waals surface area (Å²) in [5.41, 5.74) is 1.29. The highest BCUT2D eigenvalue weighted by molar-refractivity contribution is 6.04. The number of nitrogens with one attached hydrogen (secondary N) is 3. The van der Waals surface area contributed by atoms with Gasteiger partial charge in [-0.3, -0.25) is 9.59 Å². The third-order valence-corrected chi connectivity index (χ3v) is 5.31. The van der Waals surface area contributed by atoms with Crippen LogP contribution in [-0.2, 0) is 11.3 Å². The SMILES string of the molecule is O=C1NCc2nc(-c3c(F)cccc3F)cc(Nc3ccc([C@@H]4CCNC4=O)nn3)c21. The van der Waals surface area contributed by atoms with Crippen molar-refractivity contribution in [3.05, 3.63) is 65.0 Å². The minimum atomic E-state index is -0.755. The molecule has 0 spiro atoms. The number of pyridine rings is 1. The number of fused-ring (bicyclic) bond motifs is 1. The Labute approximate surface area is 175 Å². The molecule has 0 bridgehead atoms. The third-order valence-electron chi connectivity index (χ3n) is 5.31. The normalized spacial score (nSPS) is 17.3.